The zero-order chi connectivity index (χ0) is 13.8. The summed E-state index contributed by atoms with van der Waals surface area (Å²) < 4.78 is 1.81. The monoisotopic (exact) mass is 254 g/mol. The standard InChI is InChI=1S/C15H18N4/c1-4-5-6-15-13(10-16)17-18-19(15)14-8-7-11(2)9-12(14)3/h7-9H,4-6H2,1-3H3. The maximum Gasteiger partial charge on any atom is 0.186 e. The van der Waals surface area contributed by atoms with Gasteiger partial charge in [0.05, 0.1) is 11.4 Å². The average molecular weight is 254 g/mol. The van der Waals surface area contributed by atoms with E-state index < -0.39 is 0 Å². The Bertz CT molecular complexity index is 620. The summed E-state index contributed by atoms with van der Waals surface area (Å²) in [5.74, 6) is 0. The fourth-order valence-electron chi connectivity index (χ4n) is 2.19. The van der Waals surface area contributed by atoms with Gasteiger partial charge in [0.1, 0.15) is 6.07 Å². The molecule has 0 amide bonds. The van der Waals surface area contributed by atoms with Gasteiger partial charge in [-0.25, -0.2) is 4.68 Å². The molecule has 0 unspecified atom stereocenters. The first-order valence-corrected chi connectivity index (χ1v) is 6.59. The van der Waals surface area contributed by atoms with Gasteiger partial charge in [-0.1, -0.05) is 36.3 Å². The quantitative estimate of drug-likeness (QED) is 0.842. The summed E-state index contributed by atoms with van der Waals surface area (Å²) in [6, 6.07) is 8.34. The Morgan fingerprint density at radius 2 is 2.11 bits per heavy atom. The van der Waals surface area contributed by atoms with Crippen molar-refractivity contribution in [1.82, 2.24) is 15.0 Å². The molecular weight excluding hydrogens is 236 g/mol. The first-order chi connectivity index (χ1) is 9.17. The van der Waals surface area contributed by atoms with E-state index in [0.717, 1.165) is 36.2 Å². The molecule has 0 saturated heterocycles. The molecule has 4 nitrogen and oxygen atoms in total. The van der Waals surface area contributed by atoms with Gasteiger partial charge in [-0.3, -0.25) is 0 Å². The maximum atomic E-state index is 9.13. The van der Waals surface area contributed by atoms with Crippen LogP contribution in [0.15, 0.2) is 18.2 Å². The zero-order valence-electron chi connectivity index (χ0n) is 11.6. The second-order valence-corrected chi connectivity index (χ2v) is 4.80. The minimum absolute atomic E-state index is 0.438. The molecule has 0 spiro atoms. The number of unbranched alkanes of at least 4 members (excludes halogenated alkanes) is 1. The molecule has 1 aromatic heterocycles. The van der Waals surface area contributed by atoms with Gasteiger partial charge >= 0.3 is 0 Å². The van der Waals surface area contributed by atoms with Gasteiger partial charge in [-0.2, -0.15) is 5.26 Å². The molecule has 1 heterocycles. The maximum absolute atomic E-state index is 9.13. The number of nitrogens with zero attached hydrogens (tertiary/aromatic N) is 4. The highest BCUT2D eigenvalue weighted by molar-refractivity contribution is 5.44. The van der Waals surface area contributed by atoms with Gasteiger partial charge in [0, 0.05) is 0 Å². The van der Waals surface area contributed by atoms with Crippen LogP contribution in [0.25, 0.3) is 5.69 Å². The molecule has 0 aliphatic rings. The van der Waals surface area contributed by atoms with Crippen LogP contribution in [0.1, 0.15) is 42.3 Å². The minimum Gasteiger partial charge on any atom is -0.216 e. The second kappa shape index (κ2) is 5.66. The lowest BCUT2D eigenvalue weighted by Gasteiger charge is -2.09. The van der Waals surface area contributed by atoms with Gasteiger partial charge in [-0.05, 0) is 38.3 Å². The Labute approximate surface area is 113 Å². The average Bonchev–Trinajstić information content (AvgIpc) is 2.79. The van der Waals surface area contributed by atoms with E-state index in [2.05, 4.69) is 49.3 Å². The zero-order valence-corrected chi connectivity index (χ0v) is 11.6. The first-order valence-electron chi connectivity index (χ1n) is 6.59. The van der Waals surface area contributed by atoms with Crippen molar-refractivity contribution in [2.75, 3.05) is 0 Å². The van der Waals surface area contributed by atoms with Crippen LogP contribution in [0.4, 0.5) is 0 Å². The Balaban J connectivity index is 2.50. The summed E-state index contributed by atoms with van der Waals surface area (Å²) >= 11 is 0. The summed E-state index contributed by atoms with van der Waals surface area (Å²) in [7, 11) is 0. The molecule has 2 aromatic rings. The summed E-state index contributed by atoms with van der Waals surface area (Å²) in [6.07, 6.45) is 2.95. The van der Waals surface area contributed by atoms with Gasteiger partial charge in [-0.15, -0.1) is 5.10 Å². The SMILES string of the molecule is CCCCc1c(C#N)nnn1-c1ccc(C)cc1C. The van der Waals surface area contributed by atoms with Gasteiger partial charge < -0.3 is 0 Å². The van der Waals surface area contributed by atoms with Crippen molar-refractivity contribution in [2.24, 2.45) is 0 Å². The largest absolute Gasteiger partial charge is 0.216 e. The highest BCUT2D eigenvalue weighted by atomic mass is 15.4. The number of rotatable bonds is 4. The third-order valence-corrected chi connectivity index (χ3v) is 3.22. The lowest BCUT2D eigenvalue weighted by atomic mass is 10.1. The van der Waals surface area contributed by atoms with Crippen molar-refractivity contribution in [3.8, 4) is 11.8 Å². The smallest absolute Gasteiger partial charge is 0.186 e. The number of aromatic nitrogens is 3. The molecule has 0 aliphatic carbocycles. The highest BCUT2D eigenvalue weighted by Crippen LogP contribution is 2.19. The van der Waals surface area contributed by atoms with E-state index in [1.807, 2.05) is 10.7 Å². The molecule has 2 rings (SSSR count). The molecule has 0 atom stereocenters. The molecule has 0 saturated carbocycles. The predicted octanol–water partition coefficient (Wildman–Crippen LogP) is 3.10. The number of hydrogen-bond donors (Lipinski definition) is 0. The van der Waals surface area contributed by atoms with E-state index in [0.29, 0.717) is 5.69 Å². The van der Waals surface area contributed by atoms with Gasteiger partial charge in [0.15, 0.2) is 5.69 Å². The van der Waals surface area contributed by atoms with E-state index in [1.165, 1.54) is 5.56 Å². The Kier molecular flexibility index (Phi) is 3.96. The minimum atomic E-state index is 0.438. The van der Waals surface area contributed by atoms with Crippen LogP contribution in [0.2, 0.25) is 0 Å². The molecule has 98 valence electrons. The van der Waals surface area contributed by atoms with Crippen LogP contribution in [0.3, 0.4) is 0 Å². The van der Waals surface area contributed by atoms with Crippen LogP contribution in [0.5, 0.6) is 0 Å². The van der Waals surface area contributed by atoms with Crippen molar-refractivity contribution in [2.45, 2.75) is 40.0 Å². The number of benzene rings is 1. The third kappa shape index (κ3) is 2.65. The number of aryl methyl sites for hydroxylation is 2. The van der Waals surface area contributed by atoms with Crippen molar-refractivity contribution in [3.63, 3.8) is 0 Å². The second-order valence-electron chi connectivity index (χ2n) is 4.80. The van der Waals surface area contributed by atoms with Crippen LogP contribution >= 0.6 is 0 Å². The lowest BCUT2D eigenvalue weighted by molar-refractivity contribution is 0.713. The molecule has 4 heteroatoms. The van der Waals surface area contributed by atoms with Crippen molar-refractivity contribution in [1.29, 1.82) is 5.26 Å². The van der Waals surface area contributed by atoms with Crippen LogP contribution < -0.4 is 0 Å². The van der Waals surface area contributed by atoms with Crippen LogP contribution in [-0.4, -0.2) is 15.0 Å². The molecule has 0 aliphatic heterocycles. The Morgan fingerprint density at radius 3 is 2.74 bits per heavy atom. The van der Waals surface area contributed by atoms with Crippen molar-refractivity contribution >= 4 is 0 Å². The Morgan fingerprint density at radius 1 is 1.32 bits per heavy atom. The normalized spacial score (nSPS) is 10.4. The third-order valence-electron chi connectivity index (χ3n) is 3.22. The molecular formula is C15H18N4. The van der Waals surface area contributed by atoms with E-state index in [1.54, 1.807) is 0 Å². The number of nitriles is 1. The highest BCUT2D eigenvalue weighted by Gasteiger charge is 2.14. The van der Waals surface area contributed by atoms with E-state index in [9.17, 15) is 0 Å². The fourth-order valence-corrected chi connectivity index (χ4v) is 2.19. The first kappa shape index (κ1) is 13.3. The predicted molar refractivity (Wildman–Crippen MR) is 74.2 cm³/mol. The van der Waals surface area contributed by atoms with E-state index >= 15 is 0 Å². The summed E-state index contributed by atoms with van der Waals surface area (Å²) in [4.78, 5) is 0. The van der Waals surface area contributed by atoms with Crippen LogP contribution in [-0.2, 0) is 6.42 Å². The van der Waals surface area contributed by atoms with Gasteiger partial charge in [0.25, 0.3) is 0 Å². The summed E-state index contributed by atoms with van der Waals surface area (Å²) in [5.41, 5.74) is 4.72. The topological polar surface area (TPSA) is 54.5 Å². The fraction of sp³-hybridized carbons (Fsp3) is 0.400. The van der Waals surface area contributed by atoms with Gasteiger partial charge in [0.2, 0.25) is 0 Å². The molecule has 0 fully saturated rings. The molecule has 1 aromatic carbocycles. The van der Waals surface area contributed by atoms with Crippen molar-refractivity contribution in [3.05, 3.63) is 40.7 Å². The summed E-state index contributed by atoms with van der Waals surface area (Å²) in [6.45, 7) is 6.26. The molecule has 19 heavy (non-hydrogen) atoms. The molecule has 0 bridgehead atoms. The summed E-state index contributed by atoms with van der Waals surface area (Å²) in [5, 5.41) is 17.2. The van der Waals surface area contributed by atoms with Crippen LogP contribution in [0, 0.1) is 25.2 Å². The van der Waals surface area contributed by atoms with Crippen molar-refractivity contribution < 1.29 is 0 Å². The molecule has 0 N–H and O–H groups in total. The van der Waals surface area contributed by atoms with E-state index in [4.69, 9.17) is 5.26 Å². The lowest BCUT2D eigenvalue weighted by Crippen LogP contribution is -2.05. The number of hydrogen-bond acceptors (Lipinski definition) is 3. The van der Waals surface area contributed by atoms with E-state index in [-0.39, 0.29) is 0 Å². The molecule has 0 radical (unpaired) electrons. The Hall–Kier alpha value is -2.15.